The van der Waals surface area contributed by atoms with Gasteiger partial charge in [-0.3, -0.25) is 0 Å². The van der Waals surface area contributed by atoms with Crippen LogP contribution in [0.15, 0.2) is 12.1 Å². The topological polar surface area (TPSA) is 15.3 Å². The fourth-order valence-electron chi connectivity index (χ4n) is 2.14. The Hall–Kier alpha value is -0.810. The first-order valence-electron chi connectivity index (χ1n) is 6.39. The summed E-state index contributed by atoms with van der Waals surface area (Å²) < 4.78 is 28.2. The highest BCUT2D eigenvalue weighted by atomic mass is 32.2. The molecule has 1 unspecified atom stereocenters. The third-order valence-electron chi connectivity index (χ3n) is 3.19. The molecule has 5 heteroatoms. The van der Waals surface area contributed by atoms with Crippen LogP contribution in [0.4, 0.5) is 14.5 Å². The molecule has 0 bridgehead atoms. The molecule has 0 fully saturated rings. The Bertz CT molecular complexity index is 389. The Balaban J connectivity index is 3.05. The summed E-state index contributed by atoms with van der Waals surface area (Å²) in [5.74, 6) is -0.135. The zero-order chi connectivity index (χ0) is 14.4. The van der Waals surface area contributed by atoms with Crippen molar-refractivity contribution in [2.45, 2.75) is 25.9 Å². The molecule has 0 saturated carbocycles. The third kappa shape index (κ3) is 4.08. The summed E-state index contributed by atoms with van der Waals surface area (Å²) in [7, 11) is 3.51. The van der Waals surface area contributed by atoms with Gasteiger partial charge < -0.3 is 10.2 Å². The molecule has 0 amide bonds. The summed E-state index contributed by atoms with van der Waals surface area (Å²) in [6.07, 6.45) is 2.85. The summed E-state index contributed by atoms with van der Waals surface area (Å²) in [6.45, 7) is 2.49. The van der Waals surface area contributed by atoms with Crippen molar-refractivity contribution in [3.05, 3.63) is 29.3 Å². The van der Waals surface area contributed by atoms with Crippen LogP contribution in [0.1, 0.15) is 18.9 Å². The van der Waals surface area contributed by atoms with Gasteiger partial charge in [0.05, 0.1) is 0 Å². The molecular weight excluding hydrogens is 266 g/mol. The van der Waals surface area contributed by atoms with Gasteiger partial charge in [0.2, 0.25) is 0 Å². The number of anilines is 1. The first-order valence-corrected chi connectivity index (χ1v) is 7.78. The molecule has 0 aliphatic carbocycles. The Labute approximate surface area is 118 Å². The quantitative estimate of drug-likeness (QED) is 0.829. The second-order valence-corrected chi connectivity index (χ2v) is 5.48. The monoisotopic (exact) mass is 288 g/mol. The number of nitrogens with one attached hydrogen (secondary N) is 1. The summed E-state index contributed by atoms with van der Waals surface area (Å²) >= 11 is 1.68. The lowest BCUT2D eigenvalue weighted by Crippen LogP contribution is -2.34. The lowest BCUT2D eigenvalue weighted by atomic mass is 10.1. The van der Waals surface area contributed by atoms with Crippen molar-refractivity contribution >= 4 is 17.4 Å². The molecule has 108 valence electrons. The van der Waals surface area contributed by atoms with E-state index in [-0.39, 0.29) is 11.7 Å². The van der Waals surface area contributed by atoms with Crippen molar-refractivity contribution in [1.29, 1.82) is 0 Å². The van der Waals surface area contributed by atoms with Gasteiger partial charge in [0.1, 0.15) is 17.3 Å². The molecule has 1 rings (SSSR count). The van der Waals surface area contributed by atoms with Gasteiger partial charge in [-0.05, 0) is 37.4 Å². The van der Waals surface area contributed by atoms with Crippen molar-refractivity contribution in [3.8, 4) is 0 Å². The van der Waals surface area contributed by atoms with E-state index >= 15 is 0 Å². The Morgan fingerprint density at radius 3 is 2.32 bits per heavy atom. The molecule has 1 atom stereocenters. The third-order valence-corrected chi connectivity index (χ3v) is 3.91. The van der Waals surface area contributed by atoms with Crippen LogP contribution < -0.4 is 10.2 Å². The van der Waals surface area contributed by atoms with E-state index in [9.17, 15) is 8.78 Å². The molecule has 0 aromatic heterocycles. The van der Waals surface area contributed by atoms with E-state index in [1.807, 2.05) is 13.2 Å². The molecule has 0 aliphatic rings. The lowest BCUT2D eigenvalue weighted by Gasteiger charge is -2.29. The van der Waals surface area contributed by atoms with Crippen LogP contribution in [0.25, 0.3) is 0 Å². The molecule has 1 aromatic carbocycles. The first kappa shape index (κ1) is 16.2. The Morgan fingerprint density at radius 1 is 1.32 bits per heavy atom. The Kier molecular flexibility index (Phi) is 6.58. The second kappa shape index (κ2) is 7.70. The van der Waals surface area contributed by atoms with Gasteiger partial charge in [-0.25, -0.2) is 8.78 Å². The molecule has 2 nitrogen and oxygen atoms in total. The molecule has 0 radical (unpaired) electrons. The summed E-state index contributed by atoms with van der Waals surface area (Å²) in [5.41, 5.74) is 0.688. The minimum Gasteiger partial charge on any atom is -0.366 e. The van der Waals surface area contributed by atoms with Crippen LogP contribution in [-0.4, -0.2) is 32.1 Å². The largest absolute Gasteiger partial charge is 0.366 e. The number of hydrogen-bond donors (Lipinski definition) is 1. The zero-order valence-corrected chi connectivity index (χ0v) is 12.8. The summed E-state index contributed by atoms with van der Waals surface area (Å²) in [5, 5.41) is 2.89. The van der Waals surface area contributed by atoms with Crippen LogP contribution in [0.3, 0.4) is 0 Å². The Morgan fingerprint density at radius 2 is 1.89 bits per heavy atom. The molecule has 0 spiro atoms. The van der Waals surface area contributed by atoms with Gasteiger partial charge in [-0.2, -0.15) is 11.8 Å². The van der Waals surface area contributed by atoms with E-state index in [0.717, 1.165) is 12.2 Å². The molecule has 19 heavy (non-hydrogen) atoms. The van der Waals surface area contributed by atoms with E-state index in [1.165, 1.54) is 12.1 Å². The number of benzene rings is 1. The van der Waals surface area contributed by atoms with Crippen molar-refractivity contribution in [3.63, 3.8) is 0 Å². The highest BCUT2D eigenvalue weighted by molar-refractivity contribution is 7.98. The van der Waals surface area contributed by atoms with E-state index < -0.39 is 11.6 Å². The van der Waals surface area contributed by atoms with E-state index in [1.54, 1.807) is 30.8 Å². The summed E-state index contributed by atoms with van der Waals surface area (Å²) in [4.78, 5) is 1.71. The van der Waals surface area contributed by atoms with E-state index in [0.29, 0.717) is 12.1 Å². The average molecular weight is 288 g/mol. The second-order valence-electron chi connectivity index (χ2n) is 4.57. The minimum absolute atomic E-state index is 0.0701. The van der Waals surface area contributed by atoms with Crippen LogP contribution in [-0.2, 0) is 6.54 Å². The number of halogens is 2. The summed E-state index contributed by atoms with van der Waals surface area (Å²) in [6, 6.07) is 2.93. The number of thioether (sulfide) groups is 1. The van der Waals surface area contributed by atoms with Crippen LogP contribution >= 0.6 is 11.8 Å². The van der Waals surface area contributed by atoms with Crippen molar-refractivity contribution in [2.75, 3.05) is 31.0 Å². The normalized spacial score (nSPS) is 12.5. The standard InChI is InChI=1S/C14H22F2N2S/c1-5-11(9-19-4)18(3)14-12(15)6-10(8-17-2)7-13(14)16/h6-7,11,17H,5,8-9H2,1-4H3. The SMILES string of the molecule is CCC(CSC)N(C)c1c(F)cc(CNC)cc1F. The predicted octanol–water partition coefficient (Wildman–Crippen LogP) is 3.26. The maximum Gasteiger partial charge on any atom is 0.149 e. The lowest BCUT2D eigenvalue weighted by molar-refractivity contribution is 0.555. The molecular formula is C14H22F2N2S. The fraction of sp³-hybridized carbons (Fsp3) is 0.571. The highest BCUT2D eigenvalue weighted by Crippen LogP contribution is 2.27. The number of hydrogen-bond acceptors (Lipinski definition) is 3. The highest BCUT2D eigenvalue weighted by Gasteiger charge is 2.20. The smallest absolute Gasteiger partial charge is 0.149 e. The average Bonchev–Trinajstić information content (AvgIpc) is 2.35. The van der Waals surface area contributed by atoms with Crippen molar-refractivity contribution in [1.82, 2.24) is 5.32 Å². The van der Waals surface area contributed by atoms with Crippen LogP contribution in [0.2, 0.25) is 0 Å². The maximum atomic E-state index is 14.1. The van der Waals surface area contributed by atoms with Crippen molar-refractivity contribution in [2.24, 2.45) is 0 Å². The molecule has 0 saturated heterocycles. The minimum atomic E-state index is -0.493. The van der Waals surface area contributed by atoms with Gasteiger partial charge in [0.25, 0.3) is 0 Å². The molecule has 1 N–H and O–H groups in total. The predicted molar refractivity (Wildman–Crippen MR) is 80.0 cm³/mol. The van der Waals surface area contributed by atoms with Gasteiger partial charge in [-0.1, -0.05) is 6.92 Å². The van der Waals surface area contributed by atoms with Gasteiger partial charge in [0, 0.05) is 25.4 Å². The van der Waals surface area contributed by atoms with Gasteiger partial charge in [-0.15, -0.1) is 0 Å². The van der Waals surface area contributed by atoms with Gasteiger partial charge in [0.15, 0.2) is 0 Å². The number of rotatable bonds is 7. The number of nitrogens with zero attached hydrogens (tertiary/aromatic N) is 1. The molecule has 0 heterocycles. The van der Waals surface area contributed by atoms with Crippen molar-refractivity contribution < 1.29 is 8.78 Å². The first-order chi connectivity index (χ1) is 9.04. The molecule has 0 aliphatic heterocycles. The van der Waals surface area contributed by atoms with Crippen LogP contribution in [0.5, 0.6) is 0 Å². The van der Waals surface area contributed by atoms with E-state index in [2.05, 4.69) is 5.32 Å². The molecule has 1 aromatic rings. The van der Waals surface area contributed by atoms with Gasteiger partial charge >= 0.3 is 0 Å². The van der Waals surface area contributed by atoms with E-state index in [4.69, 9.17) is 0 Å². The maximum absolute atomic E-state index is 14.1. The fourth-order valence-corrected chi connectivity index (χ4v) is 2.98. The zero-order valence-electron chi connectivity index (χ0n) is 12.0. The van der Waals surface area contributed by atoms with Crippen LogP contribution in [0, 0.1) is 11.6 Å².